The number of rotatable bonds is 0. The highest BCUT2D eigenvalue weighted by Gasteiger charge is 2.22. The maximum atomic E-state index is 3.88. The molecule has 8 heavy (non-hydrogen) atoms. The standard InChI is InChI=1S/C6H10N2/c1-5-6(2,3)4-7-8-5/h4H,1-3H3. The van der Waals surface area contributed by atoms with Gasteiger partial charge in [0.25, 0.3) is 0 Å². The summed E-state index contributed by atoms with van der Waals surface area (Å²) >= 11 is 0. The molecule has 0 saturated carbocycles. The molecule has 2 nitrogen and oxygen atoms in total. The molecule has 1 aliphatic heterocycles. The molecule has 44 valence electrons. The van der Waals surface area contributed by atoms with E-state index in [0.717, 1.165) is 5.71 Å². The van der Waals surface area contributed by atoms with Crippen LogP contribution in [0.3, 0.4) is 0 Å². The van der Waals surface area contributed by atoms with Crippen LogP contribution < -0.4 is 0 Å². The van der Waals surface area contributed by atoms with E-state index < -0.39 is 0 Å². The zero-order valence-corrected chi connectivity index (χ0v) is 5.47. The largest absolute Gasteiger partial charge is 0.163 e. The van der Waals surface area contributed by atoms with Gasteiger partial charge in [0.2, 0.25) is 0 Å². The second-order valence-corrected chi connectivity index (χ2v) is 2.65. The lowest BCUT2D eigenvalue weighted by molar-refractivity contribution is 0.757. The average molecular weight is 110 g/mol. The van der Waals surface area contributed by atoms with Gasteiger partial charge in [0.1, 0.15) is 0 Å². The third-order valence-corrected chi connectivity index (χ3v) is 1.52. The number of hydrogen-bond donors (Lipinski definition) is 0. The molecule has 1 aliphatic rings. The van der Waals surface area contributed by atoms with Gasteiger partial charge >= 0.3 is 0 Å². The minimum atomic E-state index is 0.111. The molecule has 1 rings (SSSR count). The summed E-state index contributed by atoms with van der Waals surface area (Å²) in [5.74, 6) is 0. The lowest BCUT2D eigenvalue weighted by Gasteiger charge is -2.11. The van der Waals surface area contributed by atoms with E-state index in [-0.39, 0.29) is 5.41 Å². The number of hydrogen-bond acceptors (Lipinski definition) is 2. The summed E-state index contributed by atoms with van der Waals surface area (Å²) in [6, 6.07) is 0. The molecule has 0 bridgehead atoms. The fraction of sp³-hybridized carbons (Fsp3) is 0.667. The van der Waals surface area contributed by atoms with Crippen molar-refractivity contribution >= 4 is 11.9 Å². The third-order valence-electron chi connectivity index (χ3n) is 1.52. The Bertz CT molecular complexity index is 154. The van der Waals surface area contributed by atoms with Crippen LogP contribution in [0.25, 0.3) is 0 Å². The van der Waals surface area contributed by atoms with Crippen LogP contribution in [0.2, 0.25) is 0 Å². The molecule has 0 saturated heterocycles. The fourth-order valence-corrected chi connectivity index (χ4v) is 0.482. The molecule has 0 atom stereocenters. The lowest BCUT2D eigenvalue weighted by atomic mass is 9.91. The van der Waals surface area contributed by atoms with E-state index >= 15 is 0 Å². The van der Waals surface area contributed by atoms with Gasteiger partial charge in [-0.15, -0.1) is 0 Å². The molecule has 0 fully saturated rings. The van der Waals surface area contributed by atoms with Crippen molar-refractivity contribution in [3.05, 3.63) is 0 Å². The van der Waals surface area contributed by atoms with Crippen molar-refractivity contribution in [3.63, 3.8) is 0 Å². The first-order valence-corrected chi connectivity index (χ1v) is 2.72. The molecule has 0 aromatic rings. The fourth-order valence-electron chi connectivity index (χ4n) is 0.482. The SMILES string of the molecule is CC1=NN=CC1(C)C. The van der Waals surface area contributed by atoms with Gasteiger partial charge < -0.3 is 0 Å². The van der Waals surface area contributed by atoms with Crippen LogP contribution >= 0.6 is 0 Å². The van der Waals surface area contributed by atoms with Crippen molar-refractivity contribution in [1.29, 1.82) is 0 Å². The molecule has 0 aliphatic carbocycles. The van der Waals surface area contributed by atoms with Gasteiger partial charge in [-0.2, -0.15) is 10.2 Å². The summed E-state index contributed by atoms with van der Waals surface area (Å²) in [5.41, 5.74) is 1.21. The highest BCUT2D eigenvalue weighted by molar-refractivity contribution is 6.03. The van der Waals surface area contributed by atoms with Crippen LogP contribution in [0, 0.1) is 5.41 Å². The summed E-state index contributed by atoms with van der Waals surface area (Å²) in [6.07, 6.45) is 1.86. The molecule has 0 unspecified atom stereocenters. The Morgan fingerprint density at radius 2 is 2.12 bits per heavy atom. The molecule has 0 aromatic heterocycles. The second-order valence-electron chi connectivity index (χ2n) is 2.65. The highest BCUT2D eigenvalue weighted by atomic mass is 15.2. The van der Waals surface area contributed by atoms with E-state index in [1.165, 1.54) is 0 Å². The molecule has 2 heteroatoms. The van der Waals surface area contributed by atoms with Crippen molar-refractivity contribution in [2.45, 2.75) is 20.8 Å². The van der Waals surface area contributed by atoms with Crippen molar-refractivity contribution < 1.29 is 0 Å². The highest BCUT2D eigenvalue weighted by Crippen LogP contribution is 2.18. The monoisotopic (exact) mass is 110 g/mol. The van der Waals surface area contributed by atoms with Crippen molar-refractivity contribution in [1.82, 2.24) is 0 Å². The Morgan fingerprint density at radius 1 is 1.50 bits per heavy atom. The van der Waals surface area contributed by atoms with E-state index in [2.05, 4.69) is 24.1 Å². The van der Waals surface area contributed by atoms with Gasteiger partial charge in [-0.3, -0.25) is 0 Å². The maximum absolute atomic E-state index is 3.88. The Morgan fingerprint density at radius 3 is 2.25 bits per heavy atom. The van der Waals surface area contributed by atoms with E-state index in [1.807, 2.05) is 13.1 Å². The van der Waals surface area contributed by atoms with E-state index in [9.17, 15) is 0 Å². The van der Waals surface area contributed by atoms with Crippen molar-refractivity contribution in [2.24, 2.45) is 15.6 Å². The van der Waals surface area contributed by atoms with Crippen LogP contribution in [-0.4, -0.2) is 11.9 Å². The second kappa shape index (κ2) is 1.41. The summed E-state index contributed by atoms with van der Waals surface area (Å²) < 4.78 is 0. The first-order chi connectivity index (χ1) is 3.63. The van der Waals surface area contributed by atoms with Gasteiger partial charge in [-0.25, -0.2) is 0 Å². The van der Waals surface area contributed by atoms with Crippen LogP contribution in [0.4, 0.5) is 0 Å². The van der Waals surface area contributed by atoms with Crippen LogP contribution in [0.1, 0.15) is 20.8 Å². The van der Waals surface area contributed by atoms with Gasteiger partial charge in [-0.1, -0.05) is 0 Å². The van der Waals surface area contributed by atoms with E-state index in [1.54, 1.807) is 0 Å². The Labute approximate surface area is 49.3 Å². The van der Waals surface area contributed by atoms with E-state index in [0.29, 0.717) is 0 Å². The Hall–Kier alpha value is -0.660. The van der Waals surface area contributed by atoms with Crippen molar-refractivity contribution in [3.8, 4) is 0 Å². The van der Waals surface area contributed by atoms with E-state index in [4.69, 9.17) is 0 Å². The van der Waals surface area contributed by atoms with Crippen LogP contribution in [-0.2, 0) is 0 Å². The zero-order chi connectivity index (χ0) is 6.20. The molecule has 0 amide bonds. The number of nitrogens with zero attached hydrogens (tertiary/aromatic N) is 2. The van der Waals surface area contributed by atoms with Gasteiger partial charge in [0.15, 0.2) is 0 Å². The average Bonchev–Trinajstić information content (AvgIpc) is 1.86. The molecular weight excluding hydrogens is 100 g/mol. The normalized spacial score (nSPS) is 23.6. The van der Waals surface area contributed by atoms with Crippen molar-refractivity contribution in [2.75, 3.05) is 0 Å². The zero-order valence-electron chi connectivity index (χ0n) is 5.47. The smallest absolute Gasteiger partial charge is 0.0484 e. The Kier molecular flexibility index (Phi) is 0.962. The molecule has 1 heterocycles. The first kappa shape index (κ1) is 5.48. The summed E-state index contributed by atoms with van der Waals surface area (Å²) in [6.45, 7) is 6.19. The van der Waals surface area contributed by atoms with Gasteiger partial charge in [0.05, 0.1) is 0 Å². The Balaban J connectivity index is 2.87. The lowest BCUT2D eigenvalue weighted by Crippen LogP contribution is -2.18. The third kappa shape index (κ3) is 0.661. The predicted molar refractivity (Wildman–Crippen MR) is 35.4 cm³/mol. The molecule has 0 aromatic carbocycles. The van der Waals surface area contributed by atoms with Crippen LogP contribution in [0.15, 0.2) is 10.2 Å². The summed E-state index contributed by atoms with van der Waals surface area (Å²) in [7, 11) is 0. The van der Waals surface area contributed by atoms with Gasteiger partial charge in [-0.05, 0) is 20.8 Å². The topological polar surface area (TPSA) is 24.7 Å². The minimum Gasteiger partial charge on any atom is -0.163 e. The van der Waals surface area contributed by atoms with Crippen LogP contribution in [0.5, 0.6) is 0 Å². The molecular formula is C6H10N2. The summed E-state index contributed by atoms with van der Waals surface area (Å²) in [4.78, 5) is 0. The maximum Gasteiger partial charge on any atom is 0.0484 e. The molecule has 0 spiro atoms. The quantitative estimate of drug-likeness (QED) is 0.451. The van der Waals surface area contributed by atoms with Gasteiger partial charge in [0, 0.05) is 17.3 Å². The minimum absolute atomic E-state index is 0.111. The first-order valence-electron chi connectivity index (χ1n) is 2.72. The molecule has 0 N–H and O–H groups in total. The summed E-state index contributed by atoms with van der Waals surface area (Å²) in [5, 5.41) is 7.66. The predicted octanol–water partition coefficient (Wildman–Crippen LogP) is 1.47. The molecule has 0 radical (unpaired) electrons.